The van der Waals surface area contributed by atoms with Gasteiger partial charge in [-0.25, -0.2) is 0 Å². The van der Waals surface area contributed by atoms with Crippen LogP contribution < -0.4 is 5.32 Å². The van der Waals surface area contributed by atoms with Crippen molar-refractivity contribution in [2.75, 3.05) is 19.8 Å². The Bertz CT molecular complexity index is 1510. The molecule has 2 aliphatic rings. The maximum absolute atomic E-state index is 13.3. The first kappa shape index (κ1) is 69.8. The van der Waals surface area contributed by atoms with E-state index >= 15 is 0 Å². The van der Waals surface area contributed by atoms with Crippen molar-refractivity contribution in [1.82, 2.24) is 5.32 Å². The Labute approximate surface area is 460 Å². The number of hydrogen-bond donors (Lipinski definition) is 9. The third-order valence-electron chi connectivity index (χ3n) is 14.7. The molecule has 2 rings (SSSR count). The van der Waals surface area contributed by atoms with Gasteiger partial charge in [0.15, 0.2) is 12.6 Å². The average Bonchev–Trinajstić information content (AvgIpc) is 3.42. The molecule has 14 nitrogen and oxygen atoms in total. The number of carbonyl (C=O) groups is 1. The molecule has 0 bridgehead atoms. The number of aliphatic hydroxyl groups excluding tert-OH is 8. The molecule has 1 amide bonds. The molecule has 0 spiro atoms. The summed E-state index contributed by atoms with van der Waals surface area (Å²) in [7, 11) is 0. The van der Waals surface area contributed by atoms with E-state index in [1.807, 2.05) is 6.08 Å². The molecule has 9 N–H and O–H groups in total. The van der Waals surface area contributed by atoms with Crippen LogP contribution >= 0.6 is 0 Å². The second-order valence-corrected chi connectivity index (χ2v) is 21.5. The van der Waals surface area contributed by atoms with Crippen molar-refractivity contribution in [2.24, 2.45) is 0 Å². The van der Waals surface area contributed by atoms with E-state index in [1.54, 1.807) is 6.08 Å². The first-order valence-electron chi connectivity index (χ1n) is 30.5. The number of nitrogens with one attached hydrogen (secondary N) is 1. The molecular formula is C62H111NO13. The fourth-order valence-electron chi connectivity index (χ4n) is 9.71. The number of amides is 1. The normalized spacial score (nSPS) is 25.3. The van der Waals surface area contributed by atoms with E-state index in [2.05, 4.69) is 67.8 Å². The molecule has 0 aromatic carbocycles. The van der Waals surface area contributed by atoms with Gasteiger partial charge < -0.3 is 65.1 Å². The molecule has 76 heavy (non-hydrogen) atoms. The smallest absolute Gasteiger partial charge is 0.220 e. The van der Waals surface area contributed by atoms with E-state index in [0.717, 1.165) is 51.4 Å². The van der Waals surface area contributed by atoms with Crippen molar-refractivity contribution in [3.8, 4) is 0 Å². The standard InChI is InChI=1S/C62H111NO13/c1-3-5-7-9-11-13-15-17-19-21-23-24-25-26-28-30-32-34-36-38-40-42-44-46-54(67)63-50(51(66)45-43-41-39-37-35-33-31-29-27-22-20-18-16-14-12-10-8-6-4-2)49-73-61-59(72)57(70)60(53(48-65)75-61)76-62-58(71)56(69)55(68)52(47-64)74-62/h15,17,21,23,27,29,35,37,43,45,50-53,55-62,64-66,68-72H,3-14,16,18-20,22,24-26,28,30-34,36,38-42,44,46-49H2,1-2H3,(H,63,67)/b17-15-,23-21-,29-27+,37-35+,45-43+. The van der Waals surface area contributed by atoms with Gasteiger partial charge in [0.2, 0.25) is 5.91 Å². The van der Waals surface area contributed by atoms with E-state index in [1.165, 1.54) is 148 Å². The molecule has 2 fully saturated rings. The lowest BCUT2D eigenvalue weighted by molar-refractivity contribution is -0.359. The lowest BCUT2D eigenvalue weighted by Crippen LogP contribution is -2.65. The second-order valence-electron chi connectivity index (χ2n) is 21.5. The predicted molar refractivity (Wildman–Crippen MR) is 304 cm³/mol. The minimum absolute atomic E-state index is 0.256. The van der Waals surface area contributed by atoms with Gasteiger partial charge in [0.05, 0.1) is 32.0 Å². The molecular weight excluding hydrogens is 967 g/mol. The number of hydrogen-bond acceptors (Lipinski definition) is 13. The highest BCUT2D eigenvalue weighted by Gasteiger charge is 2.51. The predicted octanol–water partition coefficient (Wildman–Crippen LogP) is 10.6. The Hall–Kier alpha value is -2.31. The molecule has 2 saturated heterocycles. The Kier molecular flexibility index (Phi) is 43.6. The average molecular weight is 1080 g/mol. The molecule has 2 heterocycles. The van der Waals surface area contributed by atoms with Crippen molar-refractivity contribution < 1.29 is 64.6 Å². The van der Waals surface area contributed by atoms with Gasteiger partial charge in [-0.2, -0.15) is 0 Å². The molecule has 442 valence electrons. The minimum Gasteiger partial charge on any atom is -0.394 e. The summed E-state index contributed by atoms with van der Waals surface area (Å²) in [5, 5.41) is 87.1. The molecule has 12 unspecified atom stereocenters. The summed E-state index contributed by atoms with van der Waals surface area (Å²) in [6, 6.07) is -0.941. The van der Waals surface area contributed by atoms with Crippen LogP contribution in [0.1, 0.15) is 232 Å². The molecule has 14 heteroatoms. The number of allylic oxidation sites excluding steroid dienone is 9. The van der Waals surface area contributed by atoms with Crippen LogP contribution in [0.5, 0.6) is 0 Å². The topological polar surface area (TPSA) is 228 Å². The van der Waals surface area contributed by atoms with Crippen molar-refractivity contribution in [3.63, 3.8) is 0 Å². The van der Waals surface area contributed by atoms with E-state index < -0.39 is 86.8 Å². The number of ether oxygens (including phenoxy) is 4. The zero-order valence-electron chi connectivity index (χ0n) is 47.5. The SMILES string of the molecule is CCCCCCC/C=C\C/C=C\CCCCCCCCCCCCCC(=O)NC(COC1OC(CO)C(OC2OC(CO)C(O)C(O)C2O)C(O)C1O)C(O)/C=C/CC/C=C/CC/C=C/CCCCCCCCCCC. The highest BCUT2D eigenvalue weighted by Crippen LogP contribution is 2.30. The first-order chi connectivity index (χ1) is 37.1. The maximum Gasteiger partial charge on any atom is 0.220 e. The summed E-state index contributed by atoms with van der Waals surface area (Å²) >= 11 is 0. The molecule has 0 aromatic rings. The Balaban J connectivity index is 1.78. The Morgan fingerprint density at radius 3 is 1.37 bits per heavy atom. The summed E-state index contributed by atoms with van der Waals surface area (Å²) in [6.45, 7) is 2.76. The molecule has 0 aromatic heterocycles. The van der Waals surface area contributed by atoms with Gasteiger partial charge in [0.25, 0.3) is 0 Å². The van der Waals surface area contributed by atoms with Crippen LogP contribution in [-0.4, -0.2) is 140 Å². The van der Waals surface area contributed by atoms with E-state index in [4.69, 9.17) is 18.9 Å². The van der Waals surface area contributed by atoms with E-state index in [9.17, 15) is 45.6 Å². The van der Waals surface area contributed by atoms with Crippen LogP contribution in [-0.2, 0) is 23.7 Å². The van der Waals surface area contributed by atoms with Crippen LogP contribution in [0, 0.1) is 0 Å². The molecule has 12 atom stereocenters. The monoisotopic (exact) mass is 1080 g/mol. The Morgan fingerprint density at radius 1 is 0.474 bits per heavy atom. The van der Waals surface area contributed by atoms with Crippen molar-refractivity contribution in [1.29, 1.82) is 0 Å². The summed E-state index contributed by atoms with van der Waals surface area (Å²) in [5.74, 6) is -0.256. The fraction of sp³-hybridized carbons (Fsp3) is 0.823. The van der Waals surface area contributed by atoms with Crippen molar-refractivity contribution >= 4 is 5.91 Å². The van der Waals surface area contributed by atoms with Crippen LogP contribution in [0.4, 0.5) is 0 Å². The molecule has 2 aliphatic heterocycles. The highest BCUT2D eigenvalue weighted by molar-refractivity contribution is 5.76. The van der Waals surface area contributed by atoms with Crippen molar-refractivity contribution in [3.05, 3.63) is 60.8 Å². The summed E-state index contributed by atoms with van der Waals surface area (Å²) in [4.78, 5) is 13.3. The highest BCUT2D eigenvalue weighted by atomic mass is 16.7. The van der Waals surface area contributed by atoms with Gasteiger partial charge in [-0.05, 0) is 77.0 Å². The van der Waals surface area contributed by atoms with Crippen LogP contribution in [0.25, 0.3) is 0 Å². The van der Waals surface area contributed by atoms with Crippen LogP contribution in [0.3, 0.4) is 0 Å². The number of rotatable bonds is 48. The number of aliphatic hydroxyl groups is 8. The van der Waals surface area contributed by atoms with Gasteiger partial charge in [-0.1, -0.05) is 209 Å². The van der Waals surface area contributed by atoms with Gasteiger partial charge >= 0.3 is 0 Å². The number of carbonyl (C=O) groups excluding carboxylic acids is 1. The zero-order chi connectivity index (χ0) is 55.3. The van der Waals surface area contributed by atoms with E-state index in [0.29, 0.717) is 12.8 Å². The van der Waals surface area contributed by atoms with Gasteiger partial charge in [0, 0.05) is 6.42 Å². The third-order valence-corrected chi connectivity index (χ3v) is 14.7. The maximum atomic E-state index is 13.3. The molecule has 0 saturated carbocycles. The van der Waals surface area contributed by atoms with Gasteiger partial charge in [-0.15, -0.1) is 0 Å². The summed E-state index contributed by atoms with van der Waals surface area (Å²) < 4.78 is 22.8. The van der Waals surface area contributed by atoms with Gasteiger partial charge in [-0.3, -0.25) is 4.79 Å². The van der Waals surface area contributed by atoms with Gasteiger partial charge in [0.1, 0.15) is 48.8 Å². The summed E-state index contributed by atoms with van der Waals surface area (Å²) in [6.07, 6.45) is 44.0. The van der Waals surface area contributed by atoms with Crippen LogP contribution in [0.15, 0.2) is 60.8 Å². The first-order valence-corrected chi connectivity index (χ1v) is 30.5. The summed E-state index contributed by atoms with van der Waals surface area (Å²) in [5.41, 5.74) is 0. The largest absolute Gasteiger partial charge is 0.394 e. The number of unbranched alkanes of at least 4 members (excludes halogenated alkanes) is 27. The van der Waals surface area contributed by atoms with Crippen molar-refractivity contribution in [2.45, 2.75) is 306 Å². The lowest BCUT2D eigenvalue weighted by atomic mass is 9.97. The minimum atomic E-state index is -1.79. The Morgan fingerprint density at radius 2 is 0.882 bits per heavy atom. The second kappa shape index (κ2) is 47.5. The molecule has 0 aliphatic carbocycles. The van der Waals surface area contributed by atoms with Crippen LogP contribution in [0.2, 0.25) is 0 Å². The lowest BCUT2D eigenvalue weighted by Gasteiger charge is -2.46. The third kappa shape index (κ3) is 32.7. The van der Waals surface area contributed by atoms with E-state index in [-0.39, 0.29) is 18.9 Å². The fourth-order valence-corrected chi connectivity index (χ4v) is 9.71. The molecule has 0 radical (unpaired) electrons. The zero-order valence-corrected chi connectivity index (χ0v) is 47.5. The quantitative estimate of drug-likeness (QED) is 0.0204.